The molecule has 1 heterocycles. The maximum absolute atomic E-state index is 11.3. The molecule has 1 unspecified atom stereocenters. The summed E-state index contributed by atoms with van der Waals surface area (Å²) in [6.45, 7) is 9.06. The zero-order valence-corrected chi connectivity index (χ0v) is 16.1. The van der Waals surface area contributed by atoms with Crippen LogP contribution in [0.5, 0.6) is 0 Å². The lowest BCUT2D eigenvalue weighted by Crippen LogP contribution is -2.41. The van der Waals surface area contributed by atoms with E-state index in [0.29, 0.717) is 18.8 Å². The second-order valence-electron chi connectivity index (χ2n) is 7.25. The van der Waals surface area contributed by atoms with E-state index in [4.69, 9.17) is 4.74 Å². The Morgan fingerprint density at radius 1 is 1.17 bits per heavy atom. The van der Waals surface area contributed by atoms with Crippen LogP contribution in [0.3, 0.4) is 0 Å². The highest BCUT2D eigenvalue weighted by Crippen LogP contribution is 2.16. The Hall–Kier alpha value is -0.650. The third kappa shape index (κ3) is 11.0. The number of rotatable bonds is 13. The van der Waals surface area contributed by atoms with Gasteiger partial charge in [0.05, 0.1) is 18.8 Å². The van der Waals surface area contributed by atoms with E-state index in [1.54, 1.807) is 7.05 Å². The molecular formula is C19H39N3O2. The standard InChI is InChI=1S/C19H39N3O2/c1-17(2)24-18-11-10-14-22(16-18)13-9-7-5-4-6-8-12-21-19(23)15-20-3/h17-18,20H,4-16H2,1-3H3,(H,21,23). The summed E-state index contributed by atoms with van der Waals surface area (Å²) < 4.78 is 5.96. The average molecular weight is 342 g/mol. The van der Waals surface area contributed by atoms with Gasteiger partial charge >= 0.3 is 0 Å². The van der Waals surface area contributed by atoms with Gasteiger partial charge in [0.1, 0.15) is 0 Å². The van der Waals surface area contributed by atoms with E-state index in [1.165, 1.54) is 58.0 Å². The Kier molecular flexibility index (Phi) is 12.1. The molecular weight excluding hydrogens is 302 g/mol. The smallest absolute Gasteiger partial charge is 0.233 e. The van der Waals surface area contributed by atoms with Crippen molar-refractivity contribution >= 4 is 5.91 Å². The van der Waals surface area contributed by atoms with Crippen LogP contribution in [-0.4, -0.2) is 62.8 Å². The first-order chi connectivity index (χ1) is 11.6. The van der Waals surface area contributed by atoms with E-state index < -0.39 is 0 Å². The lowest BCUT2D eigenvalue weighted by molar-refractivity contribution is -0.120. The molecule has 0 aromatic heterocycles. The Labute approximate surface area is 148 Å². The maximum Gasteiger partial charge on any atom is 0.233 e. The number of likely N-dealkylation sites (tertiary alicyclic amines) is 1. The Balaban J connectivity index is 1.90. The molecule has 0 aromatic carbocycles. The molecule has 1 amide bonds. The van der Waals surface area contributed by atoms with E-state index >= 15 is 0 Å². The number of nitrogens with zero attached hydrogens (tertiary/aromatic N) is 1. The average Bonchev–Trinajstić information content (AvgIpc) is 2.53. The quantitative estimate of drug-likeness (QED) is 0.506. The molecule has 5 heteroatoms. The van der Waals surface area contributed by atoms with Crippen molar-refractivity contribution < 1.29 is 9.53 Å². The molecule has 1 fully saturated rings. The molecule has 0 spiro atoms. The highest BCUT2D eigenvalue weighted by molar-refractivity contribution is 5.77. The number of amides is 1. The Morgan fingerprint density at radius 3 is 2.58 bits per heavy atom. The minimum absolute atomic E-state index is 0.0961. The van der Waals surface area contributed by atoms with Crippen LogP contribution in [0.25, 0.3) is 0 Å². The van der Waals surface area contributed by atoms with Gasteiger partial charge in [-0.2, -0.15) is 0 Å². The largest absolute Gasteiger partial charge is 0.374 e. The van der Waals surface area contributed by atoms with Gasteiger partial charge in [-0.3, -0.25) is 4.79 Å². The highest BCUT2D eigenvalue weighted by Gasteiger charge is 2.20. The Bertz CT molecular complexity index is 324. The number of unbranched alkanes of at least 4 members (excludes halogenated alkanes) is 5. The minimum Gasteiger partial charge on any atom is -0.374 e. The van der Waals surface area contributed by atoms with Crippen LogP contribution in [0, 0.1) is 0 Å². The second kappa shape index (κ2) is 13.6. The molecule has 2 N–H and O–H groups in total. The van der Waals surface area contributed by atoms with Crippen LogP contribution >= 0.6 is 0 Å². The Morgan fingerprint density at radius 2 is 1.88 bits per heavy atom. The van der Waals surface area contributed by atoms with E-state index in [0.717, 1.165) is 19.5 Å². The predicted octanol–water partition coefficient (Wildman–Crippen LogP) is 2.55. The summed E-state index contributed by atoms with van der Waals surface area (Å²) in [4.78, 5) is 13.8. The monoisotopic (exact) mass is 341 g/mol. The molecule has 1 aliphatic heterocycles. The normalized spacial score (nSPS) is 18.9. The number of nitrogens with one attached hydrogen (secondary N) is 2. The fraction of sp³-hybridized carbons (Fsp3) is 0.947. The summed E-state index contributed by atoms with van der Waals surface area (Å²) in [7, 11) is 1.79. The van der Waals surface area contributed by atoms with Crippen LogP contribution in [0.4, 0.5) is 0 Å². The van der Waals surface area contributed by atoms with Gasteiger partial charge in [-0.05, 0) is 59.7 Å². The van der Waals surface area contributed by atoms with Gasteiger partial charge in [-0.15, -0.1) is 0 Å². The van der Waals surface area contributed by atoms with Crippen molar-refractivity contribution in [3.8, 4) is 0 Å². The zero-order chi connectivity index (χ0) is 17.6. The van der Waals surface area contributed by atoms with Crippen molar-refractivity contribution in [1.29, 1.82) is 0 Å². The molecule has 0 aliphatic carbocycles. The summed E-state index contributed by atoms with van der Waals surface area (Å²) in [5.74, 6) is 0.0961. The first-order valence-electron chi connectivity index (χ1n) is 9.91. The lowest BCUT2D eigenvalue weighted by Gasteiger charge is -2.33. The van der Waals surface area contributed by atoms with Crippen molar-refractivity contribution in [2.45, 2.75) is 77.4 Å². The molecule has 0 saturated carbocycles. The topological polar surface area (TPSA) is 53.6 Å². The molecule has 1 rings (SSSR count). The molecule has 0 aromatic rings. The number of hydrogen-bond donors (Lipinski definition) is 2. The molecule has 0 bridgehead atoms. The van der Waals surface area contributed by atoms with Crippen molar-refractivity contribution in [1.82, 2.24) is 15.5 Å². The second-order valence-corrected chi connectivity index (χ2v) is 7.25. The number of ether oxygens (including phenoxy) is 1. The third-order valence-electron chi connectivity index (χ3n) is 4.49. The maximum atomic E-state index is 11.3. The SMILES string of the molecule is CNCC(=O)NCCCCCCCCN1CCCC(OC(C)C)C1. The van der Waals surface area contributed by atoms with Crippen LogP contribution in [0.2, 0.25) is 0 Å². The van der Waals surface area contributed by atoms with Gasteiger partial charge in [0.2, 0.25) is 5.91 Å². The summed E-state index contributed by atoms with van der Waals surface area (Å²) in [6, 6.07) is 0. The molecule has 1 atom stereocenters. The summed E-state index contributed by atoms with van der Waals surface area (Å²) in [5, 5.41) is 5.78. The molecule has 1 aliphatic rings. The van der Waals surface area contributed by atoms with E-state index in [1.807, 2.05) is 0 Å². The van der Waals surface area contributed by atoms with E-state index in [2.05, 4.69) is 29.4 Å². The number of piperidine rings is 1. The fourth-order valence-electron chi connectivity index (χ4n) is 3.33. The van der Waals surface area contributed by atoms with Crippen molar-refractivity contribution in [3.05, 3.63) is 0 Å². The van der Waals surface area contributed by atoms with Gasteiger partial charge in [-0.25, -0.2) is 0 Å². The van der Waals surface area contributed by atoms with Gasteiger partial charge in [0, 0.05) is 13.1 Å². The highest BCUT2D eigenvalue weighted by atomic mass is 16.5. The minimum atomic E-state index is 0.0961. The summed E-state index contributed by atoms with van der Waals surface area (Å²) >= 11 is 0. The first-order valence-corrected chi connectivity index (χ1v) is 9.91. The van der Waals surface area contributed by atoms with Crippen molar-refractivity contribution in [2.75, 3.05) is 39.8 Å². The number of carbonyl (C=O) groups is 1. The lowest BCUT2D eigenvalue weighted by atomic mass is 10.1. The van der Waals surface area contributed by atoms with Gasteiger partial charge < -0.3 is 20.3 Å². The predicted molar refractivity (Wildman–Crippen MR) is 100 cm³/mol. The van der Waals surface area contributed by atoms with Crippen molar-refractivity contribution in [3.63, 3.8) is 0 Å². The number of hydrogen-bond acceptors (Lipinski definition) is 4. The summed E-state index contributed by atoms with van der Waals surface area (Å²) in [6.07, 6.45) is 10.8. The van der Waals surface area contributed by atoms with Gasteiger partial charge in [0.25, 0.3) is 0 Å². The molecule has 1 saturated heterocycles. The molecule has 142 valence electrons. The van der Waals surface area contributed by atoms with Crippen molar-refractivity contribution in [2.24, 2.45) is 0 Å². The molecule has 5 nitrogen and oxygen atoms in total. The first kappa shape index (κ1) is 21.4. The van der Waals surface area contributed by atoms with E-state index in [-0.39, 0.29) is 5.91 Å². The van der Waals surface area contributed by atoms with E-state index in [9.17, 15) is 4.79 Å². The zero-order valence-electron chi connectivity index (χ0n) is 16.1. The summed E-state index contributed by atoms with van der Waals surface area (Å²) in [5.41, 5.74) is 0. The van der Waals surface area contributed by atoms with Crippen LogP contribution < -0.4 is 10.6 Å². The third-order valence-corrected chi connectivity index (χ3v) is 4.49. The van der Waals surface area contributed by atoms with Crippen LogP contribution in [0.1, 0.15) is 65.2 Å². The molecule has 24 heavy (non-hydrogen) atoms. The number of likely N-dealkylation sites (N-methyl/N-ethyl adjacent to an activating group) is 1. The van der Waals surface area contributed by atoms with Crippen LogP contribution in [0.15, 0.2) is 0 Å². The molecule has 0 radical (unpaired) electrons. The fourth-order valence-corrected chi connectivity index (χ4v) is 3.33. The van der Waals surface area contributed by atoms with Gasteiger partial charge in [-0.1, -0.05) is 25.7 Å². The van der Waals surface area contributed by atoms with Gasteiger partial charge in [0.15, 0.2) is 0 Å². The number of carbonyl (C=O) groups excluding carboxylic acids is 1. The van der Waals surface area contributed by atoms with Crippen LogP contribution in [-0.2, 0) is 9.53 Å².